The van der Waals surface area contributed by atoms with E-state index in [1.54, 1.807) is 37.5 Å². The molecule has 0 fully saturated rings. The molecule has 3 heterocycles. The monoisotopic (exact) mass is 364 g/mol. The molecule has 0 unspecified atom stereocenters. The summed E-state index contributed by atoms with van der Waals surface area (Å²) in [5.74, 6) is -2.19. The number of imidazole rings is 1. The number of carbonyl (C=O) groups excluding carboxylic acids is 2. The lowest BCUT2D eigenvalue weighted by molar-refractivity contribution is -0.582. The Kier molecular flexibility index (Phi) is 4.50. The van der Waals surface area contributed by atoms with Crippen LogP contribution in [0.4, 0.5) is 0 Å². The van der Waals surface area contributed by atoms with Crippen molar-refractivity contribution in [2.24, 2.45) is 0 Å². The van der Waals surface area contributed by atoms with Crippen molar-refractivity contribution in [3.8, 4) is 5.88 Å². The van der Waals surface area contributed by atoms with Gasteiger partial charge in [-0.3, -0.25) is 9.59 Å². The van der Waals surface area contributed by atoms with E-state index in [2.05, 4.69) is 10.3 Å². The van der Waals surface area contributed by atoms with Gasteiger partial charge in [0.05, 0.1) is 11.1 Å². The number of likely N-dealkylation sites (N-methyl/N-ethyl adjacent to an activating group) is 1. The number of fused-ring (bicyclic) bond motifs is 1. The molecule has 1 N–H and O–H groups in total. The molecule has 1 amide bonds. The third-order valence-electron chi connectivity index (χ3n) is 3.40. The van der Waals surface area contributed by atoms with Gasteiger partial charge in [-0.2, -0.15) is 0 Å². The van der Waals surface area contributed by atoms with Crippen LogP contribution in [0.25, 0.3) is 5.65 Å². The van der Waals surface area contributed by atoms with E-state index < -0.39 is 17.6 Å². The van der Waals surface area contributed by atoms with Crippen LogP contribution in [0.2, 0.25) is 4.47 Å². The highest BCUT2D eigenvalue weighted by Gasteiger charge is 2.30. The summed E-state index contributed by atoms with van der Waals surface area (Å²) >= 11 is 7.09. The smallest absolute Gasteiger partial charge is 0.296 e. The fraction of sp³-hybridized carbons (Fsp3) is 0.200. The highest BCUT2D eigenvalue weighted by Crippen LogP contribution is 2.22. The lowest BCUT2D eigenvalue weighted by Gasteiger charge is -2.04. The van der Waals surface area contributed by atoms with Gasteiger partial charge in [-0.05, 0) is 13.0 Å². The van der Waals surface area contributed by atoms with Gasteiger partial charge in [0.2, 0.25) is 5.69 Å². The number of rotatable bonds is 5. The zero-order chi connectivity index (χ0) is 17.3. The summed E-state index contributed by atoms with van der Waals surface area (Å²) in [6.07, 6.45) is 3.14. The Morgan fingerprint density at radius 3 is 2.92 bits per heavy atom. The number of carbonyl (C=O) groups is 2. The molecule has 0 radical (unpaired) electrons. The van der Waals surface area contributed by atoms with Gasteiger partial charge < -0.3 is 10.4 Å². The Morgan fingerprint density at radius 1 is 1.46 bits per heavy atom. The number of nitrogens with zero attached hydrogens (tertiary/aromatic N) is 3. The third kappa shape index (κ3) is 2.85. The quantitative estimate of drug-likeness (QED) is 0.411. The predicted molar refractivity (Wildman–Crippen MR) is 86.3 cm³/mol. The van der Waals surface area contributed by atoms with E-state index in [9.17, 15) is 14.7 Å². The molecule has 3 aromatic heterocycles. The zero-order valence-electron chi connectivity index (χ0n) is 12.7. The van der Waals surface area contributed by atoms with Gasteiger partial charge in [-0.1, -0.05) is 17.7 Å². The molecule has 0 bridgehead atoms. The first-order valence-corrected chi connectivity index (χ1v) is 8.35. The number of amides is 1. The maximum atomic E-state index is 12.6. The molecule has 3 aromatic rings. The number of hydrogen-bond acceptors (Lipinski definition) is 5. The molecule has 0 aromatic carbocycles. The molecule has 7 nitrogen and oxygen atoms in total. The Bertz CT molecular complexity index is 934. The van der Waals surface area contributed by atoms with Crippen molar-refractivity contribution in [1.29, 1.82) is 0 Å². The number of pyridine rings is 1. The van der Waals surface area contributed by atoms with Gasteiger partial charge in [0.1, 0.15) is 12.4 Å². The fourth-order valence-electron chi connectivity index (χ4n) is 2.41. The number of halogens is 1. The molecule has 0 spiro atoms. The van der Waals surface area contributed by atoms with Gasteiger partial charge >= 0.3 is 0 Å². The second-order valence-corrected chi connectivity index (χ2v) is 6.63. The summed E-state index contributed by atoms with van der Waals surface area (Å²) in [6, 6.07) is 5.15. The van der Waals surface area contributed by atoms with E-state index in [4.69, 9.17) is 11.6 Å². The number of nitrogens with one attached hydrogen (secondary N) is 1. The molecular formula is C15H13ClN4O3S. The first kappa shape index (κ1) is 16.4. The molecule has 0 aliphatic carbocycles. The number of ketones is 1. The van der Waals surface area contributed by atoms with E-state index >= 15 is 0 Å². The van der Waals surface area contributed by atoms with Gasteiger partial charge in [-0.15, -0.1) is 11.3 Å². The minimum atomic E-state index is -0.860. The predicted octanol–water partition coefficient (Wildman–Crippen LogP) is 0.777. The Hall–Kier alpha value is -2.45. The highest BCUT2D eigenvalue weighted by atomic mass is 35.5. The molecule has 124 valence electrons. The van der Waals surface area contributed by atoms with Crippen molar-refractivity contribution in [1.82, 2.24) is 14.9 Å². The van der Waals surface area contributed by atoms with Crippen molar-refractivity contribution in [3.05, 3.63) is 45.6 Å². The average molecular weight is 365 g/mol. The molecule has 3 rings (SSSR count). The Labute approximate surface area is 146 Å². The highest BCUT2D eigenvalue weighted by molar-refractivity contribution is 7.15. The SMILES string of the molecule is CCNC(=O)C(=O)c1c([O-])[n+]2ccccc2n1Cc1cnc(Cl)s1. The van der Waals surface area contributed by atoms with Crippen LogP contribution in [0.5, 0.6) is 5.88 Å². The Balaban J connectivity index is 2.15. The van der Waals surface area contributed by atoms with E-state index in [0.29, 0.717) is 16.7 Å². The van der Waals surface area contributed by atoms with E-state index in [1.807, 2.05) is 0 Å². The van der Waals surface area contributed by atoms with Crippen molar-refractivity contribution < 1.29 is 19.1 Å². The topological polar surface area (TPSA) is 91.1 Å². The van der Waals surface area contributed by atoms with E-state index in [0.717, 1.165) is 4.88 Å². The minimum Gasteiger partial charge on any atom is -0.839 e. The fourth-order valence-corrected chi connectivity index (χ4v) is 3.38. The zero-order valence-corrected chi connectivity index (χ0v) is 14.2. The molecule has 0 saturated carbocycles. The van der Waals surface area contributed by atoms with Crippen molar-refractivity contribution >= 4 is 40.3 Å². The average Bonchev–Trinajstić information content (AvgIpc) is 3.10. The molecule has 9 heteroatoms. The lowest BCUT2D eigenvalue weighted by Crippen LogP contribution is -2.33. The first-order valence-electron chi connectivity index (χ1n) is 7.15. The molecular weight excluding hydrogens is 352 g/mol. The van der Waals surface area contributed by atoms with Gasteiger partial charge in [0.25, 0.3) is 17.3 Å². The summed E-state index contributed by atoms with van der Waals surface area (Å²) in [4.78, 5) is 29.1. The minimum absolute atomic E-state index is 0.184. The van der Waals surface area contributed by atoms with Crippen LogP contribution in [0.3, 0.4) is 0 Å². The van der Waals surface area contributed by atoms with Crippen LogP contribution < -0.4 is 14.8 Å². The molecule has 24 heavy (non-hydrogen) atoms. The normalized spacial score (nSPS) is 10.9. The van der Waals surface area contributed by atoms with Crippen LogP contribution >= 0.6 is 22.9 Å². The van der Waals surface area contributed by atoms with Crippen molar-refractivity contribution in [3.63, 3.8) is 0 Å². The van der Waals surface area contributed by atoms with Crippen LogP contribution in [0, 0.1) is 0 Å². The van der Waals surface area contributed by atoms with Gasteiger partial charge in [-0.25, -0.2) is 14.0 Å². The second kappa shape index (κ2) is 6.58. The summed E-state index contributed by atoms with van der Waals surface area (Å²) in [6.45, 7) is 2.23. The molecule has 0 aliphatic rings. The maximum Gasteiger partial charge on any atom is 0.296 e. The lowest BCUT2D eigenvalue weighted by atomic mass is 10.2. The largest absolute Gasteiger partial charge is 0.839 e. The van der Waals surface area contributed by atoms with Crippen LogP contribution in [0.15, 0.2) is 30.6 Å². The van der Waals surface area contributed by atoms with Crippen LogP contribution in [-0.4, -0.2) is 27.8 Å². The summed E-state index contributed by atoms with van der Waals surface area (Å²) in [5, 5.41) is 15.0. The van der Waals surface area contributed by atoms with Gasteiger partial charge in [0.15, 0.2) is 4.47 Å². The van der Waals surface area contributed by atoms with Crippen LogP contribution in [-0.2, 0) is 11.3 Å². The Morgan fingerprint density at radius 2 is 2.25 bits per heavy atom. The standard InChI is InChI=1S/C15H13ClN4O3S/c1-2-17-13(22)12(21)11-14(23)19-6-4-3-5-10(19)20(11)8-9-7-18-15(16)24-9/h3-7H,2,8H2,1H3,(H-,17,21,22,23). The molecule has 0 atom stereocenters. The second-order valence-electron chi connectivity index (χ2n) is 4.94. The number of Topliss-reactive ketones (excluding diaryl/α,β-unsaturated/α-hetero) is 1. The van der Waals surface area contributed by atoms with Crippen molar-refractivity contribution in [2.45, 2.75) is 13.5 Å². The van der Waals surface area contributed by atoms with Crippen molar-refractivity contribution in [2.75, 3.05) is 6.54 Å². The van der Waals surface area contributed by atoms with E-state index in [1.165, 1.54) is 20.3 Å². The molecule has 0 aliphatic heterocycles. The number of hydrogen-bond donors (Lipinski definition) is 1. The van der Waals surface area contributed by atoms with Gasteiger partial charge in [0, 0.05) is 18.8 Å². The number of thiazole rings is 1. The number of aromatic nitrogens is 3. The summed E-state index contributed by atoms with van der Waals surface area (Å²) < 4.78 is 3.23. The summed E-state index contributed by atoms with van der Waals surface area (Å²) in [7, 11) is 0. The first-order chi connectivity index (χ1) is 11.5. The van der Waals surface area contributed by atoms with E-state index in [-0.39, 0.29) is 12.2 Å². The molecule has 0 saturated heterocycles. The van der Waals surface area contributed by atoms with Crippen LogP contribution in [0.1, 0.15) is 22.3 Å². The third-order valence-corrected chi connectivity index (χ3v) is 4.50. The summed E-state index contributed by atoms with van der Waals surface area (Å²) in [5.41, 5.74) is 0.330. The maximum absolute atomic E-state index is 12.6.